The number of hydrogen-bond donors (Lipinski definition) is 0. The minimum absolute atomic E-state index is 0.0157. The summed E-state index contributed by atoms with van der Waals surface area (Å²) in [7, 11) is -3.21. The number of thiophene rings is 1. The zero-order valence-corrected chi connectivity index (χ0v) is 45.7. The van der Waals surface area contributed by atoms with Gasteiger partial charge in [-0.3, -0.25) is 0 Å². The monoisotopic (exact) mass is 1010 g/mol. The number of aromatic nitrogens is 1. The van der Waals surface area contributed by atoms with Gasteiger partial charge in [0.2, 0.25) is 0 Å². The molecule has 6 heteroatoms. The van der Waals surface area contributed by atoms with E-state index in [4.69, 9.17) is 0 Å². The molecule has 0 N–H and O–H groups in total. The third kappa shape index (κ3) is 7.00. The molecule has 14 rings (SSSR count). The Labute approximate surface area is 452 Å². The molecule has 0 spiro atoms. The molecule has 76 heavy (non-hydrogen) atoms. The van der Waals surface area contributed by atoms with E-state index >= 15 is 0 Å². The highest BCUT2D eigenvalue weighted by molar-refractivity contribution is 7.33. The molecule has 10 aromatic carbocycles. The first-order valence-electron chi connectivity index (χ1n) is 26.8. The van der Waals surface area contributed by atoms with Crippen molar-refractivity contribution < 1.29 is 0 Å². The van der Waals surface area contributed by atoms with Gasteiger partial charge in [-0.1, -0.05) is 211 Å². The van der Waals surface area contributed by atoms with Crippen LogP contribution in [-0.2, 0) is 10.8 Å². The molecule has 4 heterocycles. The second-order valence-corrected chi connectivity index (χ2v) is 27.7. The van der Waals surface area contributed by atoms with Crippen molar-refractivity contribution in [2.45, 2.75) is 52.4 Å². The van der Waals surface area contributed by atoms with E-state index in [1.165, 1.54) is 96.5 Å². The van der Waals surface area contributed by atoms with E-state index in [1.54, 1.807) is 0 Å². The molecule has 366 valence electrons. The van der Waals surface area contributed by atoms with Crippen LogP contribution in [0.4, 0.5) is 34.1 Å². The van der Waals surface area contributed by atoms with Gasteiger partial charge < -0.3 is 14.4 Å². The Balaban J connectivity index is 1.20. The van der Waals surface area contributed by atoms with Crippen LogP contribution in [0.1, 0.15) is 52.7 Å². The average molecular weight is 1010 g/mol. The van der Waals surface area contributed by atoms with Crippen molar-refractivity contribution in [2.24, 2.45) is 0 Å². The molecule has 0 radical (unpaired) electrons. The maximum Gasteiger partial charge on any atom is 0.264 e. The lowest BCUT2D eigenvalue weighted by molar-refractivity contribution is 0.590. The van der Waals surface area contributed by atoms with E-state index in [0.29, 0.717) is 0 Å². The largest absolute Gasteiger partial charge is 0.311 e. The van der Waals surface area contributed by atoms with Gasteiger partial charge in [0.05, 0.1) is 16.7 Å². The fourth-order valence-corrected chi connectivity index (χ4v) is 19.1. The van der Waals surface area contributed by atoms with Crippen molar-refractivity contribution in [1.29, 1.82) is 0 Å². The maximum atomic E-state index is 2.72. The Hall–Kier alpha value is -8.16. The van der Waals surface area contributed by atoms with Gasteiger partial charge in [0.25, 0.3) is 6.71 Å². The number of benzene rings is 10. The second kappa shape index (κ2) is 17.5. The van der Waals surface area contributed by atoms with Gasteiger partial charge >= 0.3 is 0 Å². The topological polar surface area (TPSA) is 11.4 Å². The van der Waals surface area contributed by atoms with Gasteiger partial charge in [0.15, 0.2) is 8.07 Å². The smallest absolute Gasteiger partial charge is 0.264 e. The molecule has 0 atom stereocenters. The molecule has 0 bridgehead atoms. The molecule has 12 aromatic rings. The molecular formula is C70H58BN3SSi. The predicted molar refractivity (Wildman–Crippen MR) is 331 cm³/mol. The minimum Gasteiger partial charge on any atom is -0.311 e. The number of hydrogen-bond acceptors (Lipinski definition) is 3. The van der Waals surface area contributed by atoms with Crippen LogP contribution in [0.3, 0.4) is 0 Å². The van der Waals surface area contributed by atoms with E-state index in [-0.39, 0.29) is 17.5 Å². The van der Waals surface area contributed by atoms with Crippen molar-refractivity contribution in [2.75, 3.05) is 9.80 Å². The highest BCUT2D eigenvalue weighted by atomic mass is 32.1. The van der Waals surface area contributed by atoms with E-state index in [0.717, 1.165) is 22.7 Å². The summed E-state index contributed by atoms with van der Waals surface area (Å²) in [4.78, 5) is 5.06. The molecular weight excluding hydrogens is 954 g/mol. The lowest BCUT2D eigenvalue weighted by Gasteiger charge is -2.42. The van der Waals surface area contributed by atoms with E-state index in [9.17, 15) is 0 Å². The maximum absolute atomic E-state index is 3.21. The summed E-state index contributed by atoms with van der Waals surface area (Å²) in [5.41, 5.74) is 16.1. The summed E-state index contributed by atoms with van der Waals surface area (Å²) in [6, 6.07) is 92.4. The fraction of sp³-hybridized carbons (Fsp3) is 0.114. The third-order valence-corrected chi connectivity index (χ3v) is 22.4. The summed E-state index contributed by atoms with van der Waals surface area (Å²) in [6.07, 6.45) is 0. The Morgan fingerprint density at radius 2 is 0.987 bits per heavy atom. The number of rotatable bonds is 8. The predicted octanol–water partition coefficient (Wildman–Crippen LogP) is 14.1. The number of nitrogens with zero attached hydrogens (tertiary/aromatic N) is 3. The first-order chi connectivity index (χ1) is 37.0. The molecule has 0 saturated carbocycles. The van der Waals surface area contributed by atoms with Crippen molar-refractivity contribution in [3.05, 3.63) is 254 Å². The first kappa shape index (κ1) is 46.4. The summed E-state index contributed by atoms with van der Waals surface area (Å²) < 4.78 is 5.43. The second-order valence-electron chi connectivity index (χ2n) is 22.9. The standard InChI is InChI=1S/C70H58BN3SSi/c1-69(2,3)47-36-39-51(40-37-47)73-60-45-52(72(49-24-12-7-13-25-49)50-26-14-8-15-27-50)41-42-58(60)71-65-61(73)46-63(76(53-28-16-9-17-29-53,54-30-18-10-19-31-54)55-32-20-11-21-33-55)64-56-34-22-23-35-59(56)74(67(64)65)66-57-44-48(70(4,5)6)38-43-62(57)75-68(66)71/h7-46H,1-6H3. The van der Waals surface area contributed by atoms with Gasteiger partial charge in [-0.15, -0.1) is 11.3 Å². The van der Waals surface area contributed by atoms with Crippen LogP contribution in [0.25, 0.3) is 37.6 Å². The molecule has 2 aromatic heterocycles. The van der Waals surface area contributed by atoms with Crippen LogP contribution in [-0.4, -0.2) is 19.4 Å². The van der Waals surface area contributed by atoms with Crippen LogP contribution in [0.15, 0.2) is 243 Å². The van der Waals surface area contributed by atoms with Gasteiger partial charge in [0.1, 0.15) is 0 Å². The quantitative estimate of drug-likeness (QED) is 0.111. The van der Waals surface area contributed by atoms with Crippen LogP contribution in [0.5, 0.6) is 0 Å². The number of anilines is 6. The fourth-order valence-electron chi connectivity index (χ4n) is 12.9. The minimum atomic E-state index is -3.21. The molecule has 2 aliphatic heterocycles. The summed E-state index contributed by atoms with van der Waals surface area (Å²) >= 11 is 1.98. The number of fused-ring (bicyclic) bond motifs is 10. The molecule has 3 nitrogen and oxygen atoms in total. The van der Waals surface area contributed by atoms with Crippen molar-refractivity contribution >= 4 is 129 Å². The average Bonchev–Trinajstić information content (AvgIpc) is 4.21. The molecule has 0 fully saturated rings. The van der Waals surface area contributed by atoms with Gasteiger partial charge in [-0.05, 0) is 126 Å². The van der Waals surface area contributed by atoms with E-state index in [2.05, 4.69) is 299 Å². The van der Waals surface area contributed by atoms with Crippen molar-refractivity contribution in [1.82, 2.24) is 4.57 Å². The molecule has 0 unspecified atom stereocenters. The molecule has 0 amide bonds. The van der Waals surface area contributed by atoms with Crippen LogP contribution < -0.4 is 46.2 Å². The summed E-state index contributed by atoms with van der Waals surface area (Å²) in [6.45, 7) is 13.9. The zero-order valence-electron chi connectivity index (χ0n) is 43.9. The van der Waals surface area contributed by atoms with Crippen LogP contribution in [0.2, 0.25) is 0 Å². The van der Waals surface area contributed by atoms with Gasteiger partial charge in [0, 0.05) is 59.8 Å². The highest BCUT2D eigenvalue weighted by Crippen LogP contribution is 2.47. The zero-order chi connectivity index (χ0) is 51.5. The molecule has 2 aliphatic rings. The normalized spacial score (nSPS) is 13.1. The molecule has 0 saturated heterocycles. The van der Waals surface area contributed by atoms with Crippen LogP contribution in [0, 0.1) is 0 Å². The lowest BCUT2D eigenvalue weighted by Crippen LogP contribution is -2.75. The first-order valence-corrected chi connectivity index (χ1v) is 29.6. The summed E-state index contributed by atoms with van der Waals surface area (Å²) in [5.74, 6) is 0. The van der Waals surface area contributed by atoms with Gasteiger partial charge in [-0.2, -0.15) is 0 Å². The Morgan fingerprint density at radius 1 is 0.461 bits per heavy atom. The van der Waals surface area contributed by atoms with Crippen molar-refractivity contribution in [3.63, 3.8) is 0 Å². The summed E-state index contributed by atoms with van der Waals surface area (Å²) in [5, 5.41) is 9.43. The van der Waals surface area contributed by atoms with Crippen molar-refractivity contribution in [3.8, 4) is 5.69 Å². The van der Waals surface area contributed by atoms with Crippen LogP contribution >= 0.6 is 11.3 Å². The highest BCUT2D eigenvalue weighted by Gasteiger charge is 2.49. The Bertz CT molecular complexity index is 4040. The van der Waals surface area contributed by atoms with E-state index < -0.39 is 8.07 Å². The molecule has 0 aliphatic carbocycles. The number of para-hydroxylation sites is 3. The third-order valence-electron chi connectivity index (χ3n) is 16.4. The van der Waals surface area contributed by atoms with E-state index in [1.807, 2.05) is 11.3 Å². The Morgan fingerprint density at radius 3 is 1.55 bits per heavy atom. The SMILES string of the molecule is CC(C)(C)c1ccc(N2c3cc(N(c4ccccc4)c4ccccc4)ccc3B3c4sc5ccc(C(C)(C)C)cc5c4-n4c5ccccc5c5c([Si](c6ccccc6)(c6ccccc6)c6ccccc6)cc2c3c54)cc1. The van der Waals surface area contributed by atoms with Gasteiger partial charge in [-0.25, -0.2) is 0 Å². The lowest BCUT2D eigenvalue weighted by atomic mass is 9.36. The Kier molecular flexibility index (Phi) is 10.7.